The highest BCUT2D eigenvalue weighted by Crippen LogP contribution is 2.39. The van der Waals surface area contributed by atoms with Gasteiger partial charge in [-0.2, -0.15) is 0 Å². The van der Waals surface area contributed by atoms with Gasteiger partial charge in [-0.05, 0) is 102 Å². The molecular weight excluding hydrogens is 718 g/mol. The minimum Gasteiger partial charge on any atom is -0.456 e. The molecule has 314 valence electrons. The number of hydrogen-bond acceptors (Lipinski definition) is 11. The van der Waals surface area contributed by atoms with Crippen LogP contribution in [0.3, 0.4) is 0 Å². The van der Waals surface area contributed by atoms with Gasteiger partial charge in [0.05, 0.1) is 24.4 Å². The number of aliphatic hydroxyl groups excluding tert-OH is 1. The SMILES string of the molecule is C=CC[C@@H]1/C=C(\C)C[C@H](C)C[C@H](OC)[C@H]2O[C@@](O)(C(=O)C(=O)N3CCCC[C@H]3C(=O)O[C@H](/C(C)=C/[C@@H]3CC[C@@H](O)[C@H](OC)C3)[C@H](C)/C=C/C1=O)[C@H](C)C[C@@H]2OC. The summed E-state index contributed by atoms with van der Waals surface area (Å²) in [5.41, 5.74) is 1.77. The number of nitrogens with zero attached hydrogens (tertiary/aromatic N) is 1. The summed E-state index contributed by atoms with van der Waals surface area (Å²) >= 11 is 0. The molecule has 0 spiro atoms. The Morgan fingerprint density at radius 2 is 1.66 bits per heavy atom. The van der Waals surface area contributed by atoms with Crippen molar-refractivity contribution < 1.29 is 53.1 Å². The molecule has 1 aliphatic carbocycles. The van der Waals surface area contributed by atoms with Crippen LogP contribution in [0.1, 0.15) is 98.8 Å². The first kappa shape index (κ1) is 45.7. The minimum atomic E-state index is -2.48. The van der Waals surface area contributed by atoms with Crippen molar-refractivity contribution in [3.63, 3.8) is 0 Å². The third-order valence-corrected chi connectivity index (χ3v) is 12.4. The first-order valence-electron chi connectivity index (χ1n) is 20.5. The number of fused-ring (bicyclic) bond motifs is 3. The van der Waals surface area contributed by atoms with Gasteiger partial charge in [0.15, 0.2) is 5.78 Å². The fraction of sp³-hybridized carbons (Fsp3) is 0.727. The van der Waals surface area contributed by atoms with Crippen LogP contribution >= 0.6 is 0 Å². The number of hydrogen-bond donors (Lipinski definition) is 2. The van der Waals surface area contributed by atoms with E-state index >= 15 is 0 Å². The molecule has 1 saturated carbocycles. The number of piperidine rings is 1. The third-order valence-electron chi connectivity index (χ3n) is 12.4. The van der Waals surface area contributed by atoms with E-state index in [0.717, 1.165) is 17.6 Å². The van der Waals surface area contributed by atoms with Crippen molar-refractivity contribution in [3.8, 4) is 0 Å². The molecule has 3 aliphatic heterocycles. The number of ether oxygens (including phenoxy) is 5. The highest BCUT2D eigenvalue weighted by Gasteiger charge is 2.56. The number of carbonyl (C=O) groups is 4. The van der Waals surface area contributed by atoms with Gasteiger partial charge < -0.3 is 38.8 Å². The second-order valence-corrected chi connectivity index (χ2v) is 16.8. The zero-order chi connectivity index (χ0) is 41.3. The largest absolute Gasteiger partial charge is 0.456 e. The van der Waals surface area contributed by atoms with E-state index in [2.05, 4.69) is 19.6 Å². The molecule has 0 aromatic heterocycles. The van der Waals surface area contributed by atoms with Gasteiger partial charge in [0, 0.05) is 45.6 Å². The normalized spacial score (nSPS) is 40.4. The van der Waals surface area contributed by atoms with Crippen molar-refractivity contribution in [2.75, 3.05) is 27.9 Å². The fourth-order valence-corrected chi connectivity index (χ4v) is 9.12. The molecule has 2 bridgehead atoms. The summed E-state index contributed by atoms with van der Waals surface area (Å²) in [5.74, 6) is -7.00. The Bertz CT molecular complexity index is 1490. The molecule has 12 nitrogen and oxygen atoms in total. The van der Waals surface area contributed by atoms with E-state index in [-0.39, 0.29) is 43.1 Å². The molecule has 2 saturated heterocycles. The Morgan fingerprint density at radius 3 is 2.32 bits per heavy atom. The minimum absolute atomic E-state index is 0.0469. The summed E-state index contributed by atoms with van der Waals surface area (Å²) in [4.78, 5) is 57.6. The lowest BCUT2D eigenvalue weighted by atomic mass is 9.82. The number of aliphatic hydroxyl groups is 2. The first-order chi connectivity index (χ1) is 26.6. The van der Waals surface area contributed by atoms with Gasteiger partial charge in [-0.3, -0.25) is 14.4 Å². The molecule has 3 fully saturated rings. The second-order valence-electron chi connectivity index (χ2n) is 16.8. The Labute approximate surface area is 333 Å². The fourth-order valence-electron chi connectivity index (χ4n) is 9.12. The van der Waals surface area contributed by atoms with Crippen molar-refractivity contribution >= 4 is 23.4 Å². The lowest BCUT2D eigenvalue weighted by Crippen LogP contribution is -2.64. The molecule has 0 radical (unpaired) electrons. The van der Waals surface area contributed by atoms with Gasteiger partial charge in [-0.25, -0.2) is 4.79 Å². The summed E-state index contributed by atoms with van der Waals surface area (Å²) in [7, 11) is 4.66. The molecule has 4 aliphatic rings. The maximum absolute atomic E-state index is 14.3. The Kier molecular flexibility index (Phi) is 16.8. The number of esters is 1. The Hall–Kier alpha value is -3.00. The predicted molar refractivity (Wildman–Crippen MR) is 211 cm³/mol. The summed E-state index contributed by atoms with van der Waals surface area (Å²) in [5, 5.41) is 22.4. The van der Waals surface area contributed by atoms with Crippen LogP contribution in [-0.2, 0) is 42.9 Å². The number of allylic oxidation sites excluding steroid dienone is 5. The van der Waals surface area contributed by atoms with Crippen LogP contribution in [0.2, 0.25) is 0 Å². The third kappa shape index (κ3) is 10.9. The lowest BCUT2D eigenvalue weighted by molar-refractivity contribution is -0.302. The smallest absolute Gasteiger partial charge is 0.329 e. The molecule has 0 unspecified atom stereocenters. The molecule has 4 rings (SSSR count). The standard InChI is InChI=1S/C44H67NO11/c1-10-13-32-21-26(2)20-27(3)22-37(53-8)40-38(54-9)24-30(6)44(51,56-40)41(48)42(49)45-19-12-11-14-33(45)43(50)55-39(28(4)15-17-34(32)46)29(5)23-31-16-18-35(47)36(25-31)52-7/h10,15,17,21,23,27-28,30-33,35-40,47,51H,1,11-14,16,18-20,22,24-25H2,2-9H3/b17-15+,26-21+,29-23+/t27-,28+,30+,31-,32+,33-,35+,36+,37-,38-,39-,40+,44+/m0/s1. The van der Waals surface area contributed by atoms with Crippen molar-refractivity contribution in [2.45, 2.75) is 147 Å². The van der Waals surface area contributed by atoms with Crippen molar-refractivity contribution in [2.24, 2.45) is 29.6 Å². The van der Waals surface area contributed by atoms with E-state index in [1.54, 1.807) is 32.3 Å². The molecular formula is C44H67NO11. The molecule has 1 amide bonds. The van der Waals surface area contributed by atoms with Crippen molar-refractivity contribution in [3.05, 3.63) is 48.1 Å². The van der Waals surface area contributed by atoms with Crippen LogP contribution < -0.4 is 0 Å². The number of amides is 1. The van der Waals surface area contributed by atoms with Gasteiger partial charge in [-0.15, -0.1) is 6.58 Å². The van der Waals surface area contributed by atoms with Gasteiger partial charge in [0.1, 0.15) is 18.2 Å². The second kappa shape index (κ2) is 20.6. The van der Waals surface area contributed by atoms with Gasteiger partial charge in [0.25, 0.3) is 11.7 Å². The molecule has 13 atom stereocenters. The summed E-state index contributed by atoms with van der Waals surface area (Å²) in [6.45, 7) is 13.5. The van der Waals surface area contributed by atoms with Crippen LogP contribution in [-0.4, -0.2) is 115 Å². The van der Waals surface area contributed by atoms with E-state index in [9.17, 15) is 29.4 Å². The number of Topliss-reactive ketones (excluding diaryl/α,β-unsaturated/α-hetero) is 1. The molecule has 0 aromatic rings. The number of methoxy groups -OCH3 is 3. The summed E-state index contributed by atoms with van der Waals surface area (Å²) in [6.07, 6.45) is 10.5. The van der Waals surface area contributed by atoms with Crippen LogP contribution in [0.15, 0.2) is 48.1 Å². The predicted octanol–water partition coefficient (Wildman–Crippen LogP) is 5.44. The zero-order valence-electron chi connectivity index (χ0n) is 34.8. The molecule has 56 heavy (non-hydrogen) atoms. The van der Waals surface area contributed by atoms with Gasteiger partial charge in [0.2, 0.25) is 5.79 Å². The molecule has 0 aromatic carbocycles. The quantitative estimate of drug-likeness (QED) is 0.192. The van der Waals surface area contributed by atoms with Crippen molar-refractivity contribution in [1.29, 1.82) is 0 Å². The highest BCUT2D eigenvalue weighted by atomic mass is 16.7. The Balaban J connectivity index is 1.78. The van der Waals surface area contributed by atoms with E-state index in [1.165, 1.54) is 19.1 Å². The van der Waals surface area contributed by atoms with E-state index in [1.807, 2.05) is 26.8 Å². The van der Waals surface area contributed by atoms with Crippen LogP contribution in [0.5, 0.6) is 0 Å². The number of rotatable bonds is 7. The average molecular weight is 786 g/mol. The topological polar surface area (TPSA) is 158 Å². The lowest BCUT2D eigenvalue weighted by Gasteiger charge is -2.47. The first-order valence-corrected chi connectivity index (χ1v) is 20.5. The average Bonchev–Trinajstić information content (AvgIpc) is 3.18. The molecule has 12 heteroatoms. The summed E-state index contributed by atoms with van der Waals surface area (Å²) < 4.78 is 29.8. The monoisotopic (exact) mass is 785 g/mol. The number of carbonyl (C=O) groups excluding carboxylic acids is 4. The number of ketones is 2. The van der Waals surface area contributed by atoms with Crippen LogP contribution in [0.4, 0.5) is 0 Å². The van der Waals surface area contributed by atoms with Crippen molar-refractivity contribution in [1.82, 2.24) is 4.90 Å². The van der Waals surface area contributed by atoms with Crippen LogP contribution in [0, 0.1) is 29.6 Å². The van der Waals surface area contributed by atoms with E-state index in [0.29, 0.717) is 44.9 Å². The van der Waals surface area contributed by atoms with E-state index < -0.39 is 77.8 Å². The van der Waals surface area contributed by atoms with Gasteiger partial charge >= 0.3 is 5.97 Å². The maximum atomic E-state index is 14.3. The zero-order valence-corrected chi connectivity index (χ0v) is 34.8. The number of cyclic esters (lactones) is 1. The molecule has 2 N–H and O–H groups in total. The Morgan fingerprint density at radius 1 is 0.982 bits per heavy atom. The van der Waals surface area contributed by atoms with E-state index in [4.69, 9.17) is 23.7 Å². The van der Waals surface area contributed by atoms with Gasteiger partial charge in [-0.1, -0.05) is 50.6 Å². The summed E-state index contributed by atoms with van der Waals surface area (Å²) in [6, 6.07) is -1.08. The maximum Gasteiger partial charge on any atom is 0.329 e. The molecule has 3 heterocycles. The van der Waals surface area contributed by atoms with Crippen LogP contribution in [0.25, 0.3) is 0 Å². The highest BCUT2D eigenvalue weighted by molar-refractivity contribution is 6.39.